The first-order valence-corrected chi connectivity index (χ1v) is 20.5. The fourth-order valence-corrected chi connectivity index (χ4v) is 5.30. The molecule has 0 saturated heterocycles. The van der Waals surface area contributed by atoms with Crippen molar-refractivity contribution in [3.63, 3.8) is 0 Å². The van der Waals surface area contributed by atoms with E-state index in [4.69, 9.17) is 9.47 Å². The first-order valence-electron chi connectivity index (χ1n) is 20.5. The lowest BCUT2D eigenvalue weighted by Crippen LogP contribution is -2.25. The summed E-state index contributed by atoms with van der Waals surface area (Å²) in [5.74, 6) is -0.667. The summed E-state index contributed by atoms with van der Waals surface area (Å²) >= 11 is 0. The first kappa shape index (κ1) is 47.3. The Bertz CT molecular complexity index is 926. The van der Waals surface area contributed by atoms with Crippen LogP contribution in [0.4, 0.5) is 0 Å². The number of hydrogen-bond donors (Lipinski definition) is 1. The van der Waals surface area contributed by atoms with Crippen LogP contribution in [0, 0.1) is 0 Å². The number of rotatable bonds is 36. The lowest BCUT2D eigenvalue weighted by Gasteiger charge is -2.12. The zero-order valence-corrected chi connectivity index (χ0v) is 32.4. The molecule has 1 atom stereocenters. The average Bonchev–Trinajstić information content (AvgIpc) is 3.12. The van der Waals surface area contributed by atoms with E-state index in [-0.39, 0.29) is 31.6 Å². The topological polar surface area (TPSA) is 72.8 Å². The minimum absolute atomic E-state index is 0.144. The van der Waals surface area contributed by atoms with Crippen LogP contribution in [0.2, 0.25) is 0 Å². The largest absolute Gasteiger partial charge is 0.463 e. The first-order chi connectivity index (χ1) is 24.6. The summed E-state index contributed by atoms with van der Waals surface area (Å²) in [7, 11) is 0. The molecule has 0 fully saturated rings. The molecule has 5 heteroatoms. The predicted octanol–water partition coefficient (Wildman–Crippen LogP) is 13.0. The Morgan fingerprint density at radius 3 is 1.22 bits per heavy atom. The van der Waals surface area contributed by atoms with Crippen LogP contribution in [-0.2, 0) is 19.1 Å². The molecule has 0 spiro atoms. The third-order valence-electron chi connectivity index (χ3n) is 8.43. The van der Waals surface area contributed by atoms with Gasteiger partial charge in [-0.15, -0.1) is 0 Å². The highest BCUT2D eigenvalue weighted by atomic mass is 16.6. The third-order valence-corrected chi connectivity index (χ3v) is 8.43. The molecule has 1 N–H and O–H groups in total. The Balaban J connectivity index is 3.58. The normalized spacial score (nSPS) is 12.9. The van der Waals surface area contributed by atoms with Crippen molar-refractivity contribution in [2.75, 3.05) is 13.2 Å². The van der Waals surface area contributed by atoms with E-state index in [0.29, 0.717) is 12.8 Å². The SMILES string of the molecule is CCCCC/C=C\C/C=C\C/C=C\C/C=C\C/C=C\CCC(=O)OC[C@H](O)COC(=O)CCCCCCCCC/C=C\CCCCCCCC. The van der Waals surface area contributed by atoms with Crippen molar-refractivity contribution in [2.45, 2.75) is 187 Å². The summed E-state index contributed by atoms with van der Waals surface area (Å²) in [5, 5.41) is 10.0. The summed E-state index contributed by atoms with van der Waals surface area (Å²) < 4.78 is 10.3. The number of unbranched alkanes of at least 4 members (excludes halogenated alkanes) is 16. The van der Waals surface area contributed by atoms with Crippen LogP contribution in [0.5, 0.6) is 0 Å². The van der Waals surface area contributed by atoms with Gasteiger partial charge in [0.05, 0.1) is 0 Å². The molecule has 0 rings (SSSR count). The molecular weight excluding hydrogens is 620 g/mol. The maximum atomic E-state index is 12.0. The van der Waals surface area contributed by atoms with Crippen molar-refractivity contribution in [3.8, 4) is 0 Å². The number of aliphatic hydroxyl groups excluding tert-OH is 1. The van der Waals surface area contributed by atoms with E-state index in [0.717, 1.165) is 44.9 Å². The molecule has 0 radical (unpaired) electrons. The third kappa shape index (κ3) is 39.8. The van der Waals surface area contributed by atoms with E-state index in [9.17, 15) is 14.7 Å². The van der Waals surface area contributed by atoms with Crippen LogP contribution in [-0.4, -0.2) is 36.4 Å². The Labute approximate surface area is 308 Å². The average molecular weight is 697 g/mol. The summed E-state index contributed by atoms with van der Waals surface area (Å²) in [5.41, 5.74) is 0. The smallest absolute Gasteiger partial charge is 0.306 e. The zero-order chi connectivity index (χ0) is 36.4. The van der Waals surface area contributed by atoms with Crippen molar-refractivity contribution < 1.29 is 24.2 Å². The van der Waals surface area contributed by atoms with Crippen LogP contribution >= 0.6 is 0 Å². The van der Waals surface area contributed by atoms with Crippen molar-refractivity contribution in [1.29, 1.82) is 0 Å². The van der Waals surface area contributed by atoms with Gasteiger partial charge in [0.2, 0.25) is 0 Å². The standard InChI is InChI=1S/C45H76O5/c1-3-5-7-9-11-13-15-17-19-21-22-24-26-28-30-32-34-36-38-40-45(48)50-42-43(46)41-49-44(47)39-37-35-33-31-29-27-25-23-20-18-16-14-12-10-8-6-4-2/h11,13,17-20,22,24,28,30,34,36,43,46H,3-10,12,14-16,21,23,25-27,29,31-33,35,37-42H2,1-2H3/b13-11-,19-17-,20-18-,24-22-,30-28-,36-34-/t43-/m1/s1. The van der Waals surface area contributed by atoms with E-state index < -0.39 is 6.10 Å². The molecule has 0 aliphatic rings. The van der Waals surface area contributed by atoms with Crippen molar-refractivity contribution in [1.82, 2.24) is 0 Å². The summed E-state index contributed by atoms with van der Waals surface area (Å²) in [6.45, 7) is 4.19. The fourth-order valence-electron chi connectivity index (χ4n) is 5.30. The van der Waals surface area contributed by atoms with Crippen LogP contribution in [0.1, 0.15) is 181 Å². The molecular formula is C45H76O5. The van der Waals surface area contributed by atoms with Gasteiger partial charge in [-0.25, -0.2) is 0 Å². The van der Waals surface area contributed by atoms with Gasteiger partial charge < -0.3 is 14.6 Å². The molecule has 0 aromatic rings. The molecule has 0 heterocycles. The Morgan fingerprint density at radius 2 is 0.740 bits per heavy atom. The number of esters is 2. The lowest BCUT2D eigenvalue weighted by molar-refractivity contribution is -0.152. The summed E-state index contributed by atoms with van der Waals surface area (Å²) in [6.07, 6.45) is 53.9. The van der Waals surface area contributed by atoms with Gasteiger partial charge in [0.25, 0.3) is 0 Å². The number of carbonyl (C=O) groups excluding carboxylic acids is 2. The maximum absolute atomic E-state index is 12.0. The molecule has 0 unspecified atom stereocenters. The molecule has 0 bridgehead atoms. The van der Waals surface area contributed by atoms with E-state index in [2.05, 4.69) is 74.6 Å². The monoisotopic (exact) mass is 697 g/mol. The van der Waals surface area contributed by atoms with Crippen LogP contribution in [0.25, 0.3) is 0 Å². The van der Waals surface area contributed by atoms with Crippen LogP contribution in [0.3, 0.4) is 0 Å². The molecule has 0 aromatic heterocycles. The second-order valence-corrected chi connectivity index (χ2v) is 13.4. The molecule has 0 saturated carbocycles. The molecule has 286 valence electrons. The fraction of sp³-hybridized carbons (Fsp3) is 0.689. The lowest BCUT2D eigenvalue weighted by atomic mass is 10.1. The van der Waals surface area contributed by atoms with Gasteiger partial charge in [0, 0.05) is 12.8 Å². The number of aliphatic hydroxyl groups is 1. The minimum atomic E-state index is -0.999. The van der Waals surface area contributed by atoms with E-state index in [1.165, 1.54) is 103 Å². The van der Waals surface area contributed by atoms with Crippen LogP contribution < -0.4 is 0 Å². The van der Waals surface area contributed by atoms with Gasteiger partial charge in [0.15, 0.2) is 0 Å². The Hall–Kier alpha value is -2.66. The zero-order valence-electron chi connectivity index (χ0n) is 32.4. The van der Waals surface area contributed by atoms with E-state index in [1.54, 1.807) is 0 Å². The Morgan fingerprint density at radius 1 is 0.420 bits per heavy atom. The van der Waals surface area contributed by atoms with Gasteiger partial charge in [-0.2, -0.15) is 0 Å². The van der Waals surface area contributed by atoms with E-state index in [1.807, 2.05) is 12.2 Å². The minimum Gasteiger partial charge on any atom is -0.463 e. The van der Waals surface area contributed by atoms with Gasteiger partial charge in [0.1, 0.15) is 19.3 Å². The second-order valence-electron chi connectivity index (χ2n) is 13.4. The molecule has 50 heavy (non-hydrogen) atoms. The van der Waals surface area contributed by atoms with Crippen molar-refractivity contribution >= 4 is 11.9 Å². The Kier molecular flexibility index (Phi) is 38.6. The molecule has 0 aliphatic carbocycles. The predicted molar refractivity (Wildman–Crippen MR) is 214 cm³/mol. The highest BCUT2D eigenvalue weighted by molar-refractivity contribution is 5.70. The number of hydrogen-bond acceptors (Lipinski definition) is 5. The number of carbonyl (C=O) groups is 2. The van der Waals surface area contributed by atoms with Crippen molar-refractivity contribution in [3.05, 3.63) is 72.9 Å². The van der Waals surface area contributed by atoms with Crippen molar-refractivity contribution in [2.24, 2.45) is 0 Å². The summed E-state index contributed by atoms with van der Waals surface area (Å²) in [4.78, 5) is 23.9. The van der Waals surface area contributed by atoms with Gasteiger partial charge in [-0.3, -0.25) is 9.59 Å². The molecule has 0 amide bonds. The maximum Gasteiger partial charge on any atom is 0.306 e. The highest BCUT2D eigenvalue weighted by Gasteiger charge is 2.11. The molecule has 0 aliphatic heterocycles. The van der Waals surface area contributed by atoms with Gasteiger partial charge in [-0.05, 0) is 77.0 Å². The van der Waals surface area contributed by atoms with Gasteiger partial charge in [-0.1, -0.05) is 164 Å². The summed E-state index contributed by atoms with van der Waals surface area (Å²) in [6, 6.07) is 0. The number of ether oxygens (including phenoxy) is 2. The van der Waals surface area contributed by atoms with Crippen LogP contribution in [0.15, 0.2) is 72.9 Å². The second kappa shape index (κ2) is 40.8. The van der Waals surface area contributed by atoms with E-state index >= 15 is 0 Å². The molecule has 5 nitrogen and oxygen atoms in total. The quantitative estimate of drug-likeness (QED) is 0.0401. The number of allylic oxidation sites excluding steroid dienone is 12. The molecule has 0 aromatic carbocycles. The highest BCUT2D eigenvalue weighted by Crippen LogP contribution is 2.12. The van der Waals surface area contributed by atoms with Gasteiger partial charge >= 0.3 is 11.9 Å².